The number of hydrogen-bond donors (Lipinski definition) is 1. The van der Waals surface area contributed by atoms with Gasteiger partial charge in [0.05, 0.1) is 7.11 Å². The number of hydrogen-bond acceptors (Lipinski definition) is 5. The average molecular weight is 279 g/mol. The van der Waals surface area contributed by atoms with Crippen molar-refractivity contribution in [2.45, 2.75) is 25.8 Å². The Bertz CT molecular complexity index is 432. The van der Waals surface area contributed by atoms with E-state index in [4.69, 9.17) is 5.11 Å². The summed E-state index contributed by atoms with van der Waals surface area (Å²) >= 11 is 0. The highest BCUT2D eigenvalue weighted by atomic mass is 32.2. The van der Waals surface area contributed by atoms with Crippen molar-refractivity contribution in [1.29, 1.82) is 0 Å². The Kier molecular flexibility index (Phi) is 4.69. The lowest BCUT2D eigenvalue weighted by molar-refractivity contribution is -0.143. The fourth-order valence-electron chi connectivity index (χ4n) is 1.97. The van der Waals surface area contributed by atoms with Crippen molar-refractivity contribution in [2.24, 2.45) is 5.92 Å². The van der Waals surface area contributed by atoms with E-state index in [1.807, 2.05) is 6.92 Å². The third-order valence-electron chi connectivity index (χ3n) is 2.99. The summed E-state index contributed by atoms with van der Waals surface area (Å²) < 4.78 is 29.1. The van der Waals surface area contributed by atoms with E-state index in [0.717, 1.165) is 11.4 Å². The number of nitrogens with zero attached hydrogens (tertiary/aromatic N) is 1. The molecule has 2 atom stereocenters. The molecule has 0 radical (unpaired) electrons. The maximum atomic E-state index is 11.9. The topological polar surface area (TPSA) is 101 Å². The summed E-state index contributed by atoms with van der Waals surface area (Å²) in [7, 11) is -2.85. The molecule has 7 nitrogen and oxygen atoms in total. The van der Waals surface area contributed by atoms with Crippen LogP contribution in [0.4, 0.5) is 0 Å². The normalized spacial score (nSPS) is 25.7. The minimum Gasteiger partial charge on any atom is -0.480 e. The maximum absolute atomic E-state index is 11.9. The molecule has 8 heteroatoms. The van der Waals surface area contributed by atoms with E-state index < -0.39 is 33.8 Å². The monoisotopic (exact) mass is 279 g/mol. The second kappa shape index (κ2) is 5.66. The van der Waals surface area contributed by atoms with Crippen LogP contribution in [-0.2, 0) is 24.3 Å². The third-order valence-corrected chi connectivity index (χ3v) is 4.74. The molecular formula is C10H17NO6S. The predicted octanol–water partition coefficient (Wildman–Crippen LogP) is -0.326. The first kappa shape index (κ1) is 14.9. The molecule has 104 valence electrons. The van der Waals surface area contributed by atoms with E-state index in [-0.39, 0.29) is 18.9 Å². The summed E-state index contributed by atoms with van der Waals surface area (Å²) in [6.45, 7) is 2.00. The fourth-order valence-corrected chi connectivity index (χ4v) is 3.50. The SMILES string of the molecule is COC(=O)CS(=O)(=O)N1CCC(C)CC1C(=O)O. The summed E-state index contributed by atoms with van der Waals surface area (Å²) in [6.07, 6.45) is 0.847. The van der Waals surface area contributed by atoms with Crippen molar-refractivity contribution in [3.8, 4) is 0 Å². The largest absolute Gasteiger partial charge is 0.480 e. The molecule has 1 aliphatic rings. The standard InChI is InChI=1S/C10H17NO6S/c1-7-3-4-11(8(5-7)10(13)14)18(15,16)6-9(12)17-2/h7-8H,3-6H2,1-2H3,(H,13,14). The number of esters is 1. The van der Waals surface area contributed by atoms with Crippen molar-refractivity contribution in [2.75, 3.05) is 19.4 Å². The van der Waals surface area contributed by atoms with Gasteiger partial charge in [0.25, 0.3) is 0 Å². The second-order valence-electron chi connectivity index (χ2n) is 4.43. The lowest BCUT2D eigenvalue weighted by Gasteiger charge is -2.34. The Balaban J connectivity index is 2.91. The smallest absolute Gasteiger partial charge is 0.322 e. The molecule has 0 saturated carbocycles. The number of sulfonamides is 1. The zero-order valence-electron chi connectivity index (χ0n) is 10.3. The predicted molar refractivity (Wildman–Crippen MR) is 62.3 cm³/mol. The Morgan fingerprint density at radius 3 is 2.56 bits per heavy atom. The van der Waals surface area contributed by atoms with Crippen LogP contribution in [0.25, 0.3) is 0 Å². The van der Waals surface area contributed by atoms with Crippen molar-refractivity contribution >= 4 is 22.0 Å². The summed E-state index contributed by atoms with van der Waals surface area (Å²) in [5.41, 5.74) is 0. The van der Waals surface area contributed by atoms with Crippen molar-refractivity contribution in [3.63, 3.8) is 0 Å². The number of ether oxygens (including phenoxy) is 1. The number of methoxy groups -OCH3 is 1. The quantitative estimate of drug-likeness (QED) is 0.707. The molecule has 0 aromatic carbocycles. The molecule has 1 rings (SSSR count). The molecule has 0 aromatic heterocycles. The number of aliphatic carboxylic acids is 1. The summed E-state index contributed by atoms with van der Waals surface area (Å²) in [5, 5.41) is 9.06. The lowest BCUT2D eigenvalue weighted by Crippen LogP contribution is -2.51. The van der Waals surface area contributed by atoms with Gasteiger partial charge in [-0.25, -0.2) is 8.42 Å². The number of carboxylic acids is 1. The van der Waals surface area contributed by atoms with Gasteiger partial charge in [0.2, 0.25) is 10.0 Å². The van der Waals surface area contributed by atoms with Gasteiger partial charge in [-0.15, -0.1) is 0 Å². The van der Waals surface area contributed by atoms with Crippen LogP contribution in [0.15, 0.2) is 0 Å². The zero-order valence-corrected chi connectivity index (χ0v) is 11.1. The van der Waals surface area contributed by atoms with E-state index in [9.17, 15) is 18.0 Å². The van der Waals surface area contributed by atoms with Gasteiger partial charge in [0.15, 0.2) is 5.75 Å². The van der Waals surface area contributed by atoms with Gasteiger partial charge in [-0.1, -0.05) is 6.92 Å². The fraction of sp³-hybridized carbons (Fsp3) is 0.800. The average Bonchev–Trinajstić information content (AvgIpc) is 2.27. The first-order valence-corrected chi connectivity index (χ1v) is 7.18. The highest BCUT2D eigenvalue weighted by molar-refractivity contribution is 7.89. The maximum Gasteiger partial charge on any atom is 0.322 e. The van der Waals surface area contributed by atoms with Crippen LogP contribution in [0.3, 0.4) is 0 Å². The molecule has 0 aromatic rings. The molecule has 1 aliphatic heterocycles. The molecule has 2 unspecified atom stereocenters. The van der Waals surface area contributed by atoms with Crippen LogP contribution in [0.5, 0.6) is 0 Å². The zero-order chi connectivity index (χ0) is 13.9. The molecule has 0 amide bonds. The third kappa shape index (κ3) is 3.42. The van der Waals surface area contributed by atoms with Gasteiger partial charge < -0.3 is 9.84 Å². The highest BCUT2D eigenvalue weighted by Gasteiger charge is 2.39. The van der Waals surface area contributed by atoms with Crippen LogP contribution in [0.2, 0.25) is 0 Å². The number of carboxylic acid groups (broad SMARTS) is 1. The van der Waals surface area contributed by atoms with Gasteiger partial charge in [-0.3, -0.25) is 9.59 Å². The number of rotatable bonds is 4. The van der Waals surface area contributed by atoms with Gasteiger partial charge in [-0.05, 0) is 18.8 Å². The summed E-state index contributed by atoms with van der Waals surface area (Å²) in [4.78, 5) is 22.1. The minimum atomic E-state index is -3.93. The van der Waals surface area contributed by atoms with Crippen LogP contribution in [-0.4, -0.2) is 55.2 Å². The highest BCUT2D eigenvalue weighted by Crippen LogP contribution is 2.25. The summed E-state index contributed by atoms with van der Waals surface area (Å²) in [6, 6.07) is -1.09. The van der Waals surface area contributed by atoms with Crippen molar-refractivity contribution < 1.29 is 27.9 Å². The molecular weight excluding hydrogens is 262 g/mol. The van der Waals surface area contributed by atoms with Gasteiger partial charge in [0.1, 0.15) is 6.04 Å². The molecule has 1 N–H and O–H groups in total. The van der Waals surface area contributed by atoms with Crippen LogP contribution >= 0.6 is 0 Å². The van der Waals surface area contributed by atoms with Gasteiger partial charge in [0, 0.05) is 6.54 Å². The van der Waals surface area contributed by atoms with Gasteiger partial charge >= 0.3 is 11.9 Å². The van der Waals surface area contributed by atoms with Gasteiger partial charge in [-0.2, -0.15) is 4.31 Å². The number of piperidine rings is 1. The molecule has 1 heterocycles. The molecule has 18 heavy (non-hydrogen) atoms. The molecule has 0 aliphatic carbocycles. The van der Waals surface area contributed by atoms with Crippen LogP contribution in [0.1, 0.15) is 19.8 Å². The van der Waals surface area contributed by atoms with Crippen LogP contribution < -0.4 is 0 Å². The van der Waals surface area contributed by atoms with E-state index >= 15 is 0 Å². The summed E-state index contributed by atoms with van der Waals surface area (Å²) in [5.74, 6) is -2.75. The van der Waals surface area contributed by atoms with Crippen molar-refractivity contribution in [3.05, 3.63) is 0 Å². The second-order valence-corrected chi connectivity index (χ2v) is 6.35. The Morgan fingerprint density at radius 1 is 1.44 bits per heavy atom. The molecule has 1 fully saturated rings. The van der Waals surface area contributed by atoms with E-state index in [1.54, 1.807) is 0 Å². The molecule has 0 spiro atoms. The molecule has 1 saturated heterocycles. The van der Waals surface area contributed by atoms with Crippen LogP contribution in [0, 0.1) is 5.92 Å². The number of carbonyl (C=O) groups excluding carboxylic acids is 1. The Labute approximate surface area is 106 Å². The Hall–Kier alpha value is -1.15. The van der Waals surface area contributed by atoms with E-state index in [1.165, 1.54) is 0 Å². The van der Waals surface area contributed by atoms with Crippen molar-refractivity contribution in [1.82, 2.24) is 4.31 Å². The van der Waals surface area contributed by atoms with E-state index in [2.05, 4.69) is 4.74 Å². The van der Waals surface area contributed by atoms with E-state index in [0.29, 0.717) is 6.42 Å². The first-order chi connectivity index (χ1) is 8.27. The Morgan fingerprint density at radius 2 is 2.06 bits per heavy atom. The minimum absolute atomic E-state index is 0.122. The molecule has 0 bridgehead atoms. The lowest BCUT2D eigenvalue weighted by atomic mass is 9.94. The number of carbonyl (C=O) groups is 2. The first-order valence-electron chi connectivity index (χ1n) is 5.57.